The van der Waals surface area contributed by atoms with Gasteiger partial charge in [0.05, 0.1) is 0 Å². The van der Waals surface area contributed by atoms with Crippen molar-refractivity contribution in [3.05, 3.63) is 48.9 Å². The van der Waals surface area contributed by atoms with Crippen molar-refractivity contribution in [2.24, 2.45) is 0 Å². The molecule has 4 heteroatoms. The summed E-state index contributed by atoms with van der Waals surface area (Å²) in [6.45, 7) is 0. The molecule has 0 bridgehead atoms. The average molecular weight is 176 g/mol. The number of benzene rings is 1. The molecule has 0 spiro atoms. The van der Waals surface area contributed by atoms with Crippen molar-refractivity contribution >= 4 is 10.8 Å². The van der Waals surface area contributed by atoms with Gasteiger partial charge in [-0.25, -0.2) is 0 Å². The molecule has 0 heterocycles. The molecular formula is C9H4O4. The Bertz CT molecular complexity index is 617. The van der Waals surface area contributed by atoms with Crippen molar-refractivity contribution in [2.45, 2.75) is 0 Å². The third kappa shape index (κ3) is 0.885. The van der Waals surface area contributed by atoms with E-state index in [2.05, 4.69) is 0 Å². The molecule has 0 saturated heterocycles. The maximum atomic E-state index is 11.1. The van der Waals surface area contributed by atoms with Crippen LogP contribution >= 0.6 is 0 Å². The maximum absolute atomic E-state index is 11.1. The van der Waals surface area contributed by atoms with Crippen LogP contribution in [-0.2, 0) is 0 Å². The van der Waals surface area contributed by atoms with E-state index in [9.17, 15) is 14.4 Å². The fourth-order valence-electron chi connectivity index (χ4n) is 1.27. The standard InChI is InChI=1S/C9H4O4/c10-4-1-2-5-6(3-4)8(12)9(13)7(5)11/h1-3,10H. The highest BCUT2D eigenvalue weighted by Gasteiger charge is 2.11. The molecule has 2 rings (SSSR count). The molecule has 4 nitrogen and oxygen atoms in total. The molecule has 0 unspecified atom stereocenters. The monoisotopic (exact) mass is 176 g/mol. The van der Waals surface area contributed by atoms with Gasteiger partial charge in [-0.2, -0.15) is 0 Å². The second-order valence-electron chi connectivity index (χ2n) is 2.72. The van der Waals surface area contributed by atoms with Crippen LogP contribution in [0.4, 0.5) is 0 Å². The summed E-state index contributed by atoms with van der Waals surface area (Å²) in [5.41, 5.74) is -2.66. The zero-order valence-corrected chi connectivity index (χ0v) is 6.40. The van der Waals surface area contributed by atoms with Crippen molar-refractivity contribution in [2.75, 3.05) is 0 Å². The van der Waals surface area contributed by atoms with Crippen molar-refractivity contribution < 1.29 is 5.11 Å². The van der Waals surface area contributed by atoms with Crippen molar-refractivity contribution in [1.29, 1.82) is 0 Å². The SMILES string of the molecule is O=c1c(=O)c2ccc(O)cc2c1=O. The lowest BCUT2D eigenvalue weighted by atomic mass is 10.2. The lowest BCUT2D eigenvalue weighted by Gasteiger charge is -1.88. The van der Waals surface area contributed by atoms with Gasteiger partial charge in [0.1, 0.15) is 5.75 Å². The number of rotatable bonds is 0. The van der Waals surface area contributed by atoms with Gasteiger partial charge in [0.2, 0.25) is 10.9 Å². The summed E-state index contributed by atoms with van der Waals surface area (Å²) in [6, 6.07) is 3.67. The molecule has 0 aliphatic heterocycles. The number of aromatic hydroxyl groups is 1. The third-order valence-corrected chi connectivity index (χ3v) is 1.90. The predicted molar refractivity (Wildman–Crippen MR) is 46.8 cm³/mol. The van der Waals surface area contributed by atoms with Crippen molar-refractivity contribution in [3.63, 3.8) is 0 Å². The summed E-state index contributed by atoms with van der Waals surface area (Å²) in [6.07, 6.45) is 0. The third-order valence-electron chi connectivity index (χ3n) is 1.90. The minimum absolute atomic E-state index is 0.00463. The van der Waals surface area contributed by atoms with E-state index in [1.807, 2.05) is 0 Å². The molecule has 2 aromatic rings. The number of hydrogen-bond acceptors (Lipinski definition) is 4. The second kappa shape index (κ2) is 2.26. The predicted octanol–water partition coefficient (Wildman–Crippen LogP) is -0.498. The molecule has 0 aromatic heterocycles. The van der Waals surface area contributed by atoms with Crippen LogP contribution in [0, 0.1) is 0 Å². The average Bonchev–Trinajstić information content (AvgIpc) is 2.32. The first kappa shape index (κ1) is 7.67. The van der Waals surface area contributed by atoms with Crippen LogP contribution in [0.3, 0.4) is 0 Å². The van der Waals surface area contributed by atoms with Gasteiger partial charge >= 0.3 is 0 Å². The van der Waals surface area contributed by atoms with E-state index in [1.54, 1.807) is 0 Å². The van der Waals surface area contributed by atoms with Gasteiger partial charge in [0.25, 0.3) is 5.43 Å². The fraction of sp³-hybridized carbons (Fsp3) is 0. The summed E-state index contributed by atoms with van der Waals surface area (Å²) < 4.78 is 0. The van der Waals surface area contributed by atoms with Gasteiger partial charge in [-0.05, 0) is 18.2 Å². The Morgan fingerprint density at radius 2 is 1.46 bits per heavy atom. The van der Waals surface area contributed by atoms with E-state index in [-0.39, 0.29) is 16.5 Å². The van der Waals surface area contributed by atoms with Gasteiger partial charge < -0.3 is 5.11 Å². The summed E-state index contributed by atoms with van der Waals surface area (Å²) in [5, 5.41) is 9.08. The van der Waals surface area contributed by atoms with E-state index in [0.29, 0.717) is 0 Å². The molecule has 2 aromatic carbocycles. The Labute approximate surface area is 71.4 Å². The van der Waals surface area contributed by atoms with Crippen LogP contribution in [0.15, 0.2) is 32.6 Å². The first-order valence-electron chi connectivity index (χ1n) is 3.57. The number of phenolic OH excluding ortho intramolecular Hbond substituents is 1. The van der Waals surface area contributed by atoms with Crippen LogP contribution < -0.4 is 16.3 Å². The van der Waals surface area contributed by atoms with Gasteiger partial charge in [0, 0.05) is 10.8 Å². The molecular weight excluding hydrogens is 172 g/mol. The highest BCUT2D eigenvalue weighted by atomic mass is 16.3. The van der Waals surface area contributed by atoms with Gasteiger partial charge in [0.15, 0.2) is 0 Å². The second-order valence-corrected chi connectivity index (χ2v) is 2.72. The van der Waals surface area contributed by atoms with Crippen molar-refractivity contribution in [1.82, 2.24) is 0 Å². The number of phenols is 1. The molecule has 0 atom stereocenters. The molecule has 0 fully saturated rings. The maximum Gasteiger partial charge on any atom is 0.273 e. The minimum atomic E-state index is -1.03. The molecule has 13 heavy (non-hydrogen) atoms. The lowest BCUT2D eigenvalue weighted by Crippen LogP contribution is -2.29. The van der Waals surface area contributed by atoms with Crippen LogP contribution in [-0.4, -0.2) is 5.11 Å². The molecule has 0 saturated carbocycles. The lowest BCUT2D eigenvalue weighted by molar-refractivity contribution is 0.476. The zero-order chi connectivity index (χ0) is 9.59. The van der Waals surface area contributed by atoms with Crippen LogP contribution in [0.1, 0.15) is 0 Å². The molecule has 0 aliphatic carbocycles. The fourth-order valence-corrected chi connectivity index (χ4v) is 1.27. The number of fused-ring (bicyclic) bond motifs is 1. The van der Waals surface area contributed by atoms with Gasteiger partial charge in [-0.1, -0.05) is 0 Å². The first-order chi connectivity index (χ1) is 6.11. The Hall–Kier alpha value is -1.97. The zero-order valence-electron chi connectivity index (χ0n) is 6.40. The Kier molecular flexibility index (Phi) is 1.33. The Morgan fingerprint density at radius 3 is 2.15 bits per heavy atom. The highest BCUT2D eigenvalue weighted by molar-refractivity contribution is 5.84. The van der Waals surface area contributed by atoms with E-state index in [4.69, 9.17) is 5.11 Å². The molecule has 64 valence electrons. The normalized spacial score (nSPS) is 10.8. The summed E-state index contributed by atoms with van der Waals surface area (Å²) in [7, 11) is 0. The minimum Gasteiger partial charge on any atom is -0.508 e. The van der Waals surface area contributed by atoms with E-state index in [0.717, 1.165) is 6.07 Å². The molecule has 1 N–H and O–H groups in total. The summed E-state index contributed by atoms with van der Waals surface area (Å²) in [5.74, 6) is -0.130. The van der Waals surface area contributed by atoms with Gasteiger partial charge in [-0.15, -0.1) is 0 Å². The van der Waals surface area contributed by atoms with E-state index < -0.39 is 16.3 Å². The van der Waals surface area contributed by atoms with Crippen LogP contribution in [0.25, 0.3) is 10.8 Å². The topological polar surface area (TPSA) is 71.4 Å². The first-order valence-corrected chi connectivity index (χ1v) is 3.57. The van der Waals surface area contributed by atoms with E-state index >= 15 is 0 Å². The van der Waals surface area contributed by atoms with E-state index in [1.165, 1.54) is 12.1 Å². The van der Waals surface area contributed by atoms with Gasteiger partial charge in [-0.3, -0.25) is 14.4 Å². The van der Waals surface area contributed by atoms with Crippen molar-refractivity contribution in [3.8, 4) is 5.75 Å². The van der Waals surface area contributed by atoms with Crippen LogP contribution in [0.5, 0.6) is 5.75 Å². The molecule has 0 amide bonds. The quantitative estimate of drug-likeness (QED) is 0.549. The number of hydrogen-bond donors (Lipinski definition) is 1. The summed E-state index contributed by atoms with van der Waals surface area (Å²) in [4.78, 5) is 33.0. The Balaban J connectivity index is 3.23. The largest absolute Gasteiger partial charge is 0.508 e. The highest BCUT2D eigenvalue weighted by Crippen LogP contribution is 2.12. The Morgan fingerprint density at radius 1 is 0.846 bits per heavy atom. The molecule has 0 aliphatic rings. The summed E-state index contributed by atoms with van der Waals surface area (Å²) >= 11 is 0. The molecule has 0 radical (unpaired) electrons. The van der Waals surface area contributed by atoms with Crippen LogP contribution in [0.2, 0.25) is 0 Å². The smallest absolute Gasteiger partial charge is 0.273 e.